The highest BCUT2D eigenvalue weighted by molar-refractivity contribution is 9.10. The van der Waals surface area contributed by atoms with Gasteiger partial charge in [0.1, 0.15) is 5.82 Å². The van der Waals surface area contributed by atoms with Crippen LogP contribution in [-0.2, 0) is 6.42 Å². The highest BCUT2D eigenvalue weighted by atomic mass is 79.9. The Balaban J connectivity index is 1.96. The van der Waals surface area contributed by atoms with Crippen LogP contribution in [0.3, 0.4) is 0 Å². The van der Waals surface area contributed by atoms with Crippen molar-refractivity contribution in [2.75, 3.05) is 6.54 Å². The number of amides is 1. The van der Waals surface area contributed by atoms with Crippen LogP contribution in [0.25, 0.3) is 0 Å². The molecular formula is C18H19BrFNO2. The molecule has 2 aromatic carbocycles. The molecule has 2 aromatic rings. The molecular weight excluding hydrogens is 361 g/mol. The number of carbonyl (C=O) groups is 1. The van der Waals surface area contributed by atoms with Crippen molar-refractivity contribution in [2.45, 2.75) is 25.8 Å². The maximum Gasteiger partial charge on any atom is 0.407 e. The summed E-state index contributed by atoms with van der Waals surface area (Å²) in [6.07, 6.45) is 0.482. The van der Waals surface area contributed by atoms with E-state index >= 15 is 0 Å². The van der Waals surface area contributed by atoms with Crippen LogP contribution in [0, 0.1) is 5.82 Å². The third kappa shape index (κ3) is 5.06. The Morgan fingerprint density at radius 2 is 1.78 bits per heavy atom. The molecule has 0 aliphatic heterocycles. The lowest BCUT2D eigenvalue weighted by Gasteiger charge is -2.27. The highest BCUT2D eigenvalue weighted by Gasteiger charge is 2.20. The lowest BCUT2D eigenvalue weighted by Crippen LogP contribution is -2.33. The van der Waals surface area contributed by atoms with E-state index in [1.165, 1.54) is 17.0 Å². The van der Waals surface area contributed by atoms with E-state index in [1.807, 2.05) is 31.2 Å². The Hall–Kier alpha value is -1.88. The predicted molar refractivity (Wildman–Crippen MR) is 92.0 cm³/mol. The van der Waals surface area contributed by atoms with Crippen molar-refractivity contribution in [3.63, 3.8) is 0 Å². The van der Waals surface area contributed by atoms with Crippen LogP contribution in [0.2, 0.25) is 0 Å². The summed E-state index contributed by atoms with van der Waals surface area (Å²) < 4.78 is 13.8. The van der Waals surface area contributed by atoms with Crippen molar-refractivity contribution in [3.05, 3.63) is 69.9 Å². The number of benzene rings is 2. The fourth-order valence-corrected chi connectivity index (χ4v) is 2.75. The van der Waals surface area contributed by atoms with Gasteiger partial charge in [0.2, 0.25) is 0 Å². The van der Waals surface area contributed by atoms with E-state index < -0.39 is 6.09 Å². The van der Waals surface area contributed by atoms with Gasteiger partial charge in [-0.2, -0.15) is 0 Å². The monoisotopic (exact) mass is 379 g/mol. The Bertz CT molecular complexity index is 643. The number of hydrogen-bond donors (Lipinski definition) is 1. The van der Waals surface area contributed by atoms with Crippen molar-refractivity contribution in [2.24, 2.45) is 0 Å². The molecule has 0 radical (unpaired) electrons. The van der Waals surface area contributed by atoms with E-state index in [2.05, 4.69) is 15.9 Å². The molecule has 0 heterocycles. The predicted octanol–water partition coefficient (Wildman–Crippen LogP) is 5.26. The number of hydrogen-bond acceptors (Lipinski definition) is 1. The summed E-state index contributed by atoms with van der Waals surface area (Å²) >= 11 is 3.38. The lowest BCUT2D eigenvalue weighted by molar-refractivity contribution is 0.127. The first kappa shape index (κ1) is 17.5. The van der Waals surface area contributed by atoms with Gasteiger partial charge in [0.05, 0.1) is 6.04 Å². The molecule has 1 amide bonds. The van der Waals surface area contributed by atoms with Crippen molar-refractivity contribution in [1.82, 2.24) is 4.90 Å². The van der Waals surface area contributed by atoms with Gasteiger partial charge in [-0.3, -0.25) is 0 Å². The van der Waals surface area contributed by atoms with E-state index in [-0.39, 0.29) is 11.9 Å². The lowest BCUT2D eigenvalue weighted by atomic mass is 10.1. The van der Waals surface area contributed by atoms with Gasteiger partial charge in [-0.05, 0) is 55.2 Å². The molecule has 0 aliphatic rings. The zero-order valence-electron chi connectivity index (χ0n) is 12.9. The van der Waals surface area contributed by atoms with Crippen LogP contribution in [0.5, 0.6) is 0 Å². The maximum atomic E-state index is 12.9. The summed E-state index contributed by atoms with van der Waals surface area (Å²) in [7, 11) is 0. The Kier molecular flexibility index (Phi) is 6.16. The van der Waals surface area contributed by atoms with E-state index in [1.54, 1.807) is 12.1 Å². The van der Waals surface area contributed by atoms with Crippen molar-refractivity contribution < 1.29 is 14.3 Å². The molecule has 0 spiro atoms. The van der Waals surface area contributed by atoms with Gasteiger partial charge in [0.15, 0.2) is 0 Å². The van der Waals surface area contributed by atoms with Gasteiger partial charge < -0.3 is 10.0 Å². The molecule has 3 nitrogen and oxygen atoms in total. The molecule has 23 heavy (non-hydrogen) atoms. The number of carboxylic acid groups (broad SMARTS) is 1. The molecule has 2 rings (SSSR count). The zero-order chi connectivity index (χ0) is 16.8. The van der Waals surface area contributed by atoms with E-state index in [9.17, 15) is 14.3 Å². The van der Waals surface area contributed by atoms with Crippen LogP contribution in [0.15, 0.2) is 53.0 Å². The summed E-state index contributed by atoms with van der Waals surface area (Å²) in [5, 5.41) is 9.46. The van der Waals surface area contributed by atoms with Gasteiger partial charge in [-0.25, -0.2) is 9.18 Å². The molecule has 1 N–H and O–H groups in total. The van der Waals surface area contributed by atoms with E-state index in [4.69, 9.17) is 0 Å². The van der Waals surface area contributed by atoms with Gasteiger partial charge in [-0.15, -0.1) is 0 Å². The number of halogens is 2. The quantitative estimate of drug-likeness (QED) is 0.743. The summed E-state index contributed by atoms with van der Waals surface area (Å²) in [5.41, 5.74) is 1.96. The second-order valence-electron chi connectivity index (χ2n) is 5.43. The highest BCUT2D eigenvalue weighted by Crippen LogP contribution is 2.23. The largest absolute Gasteiger partial charge is 0.465 e. The number of aryl methyl sites for hydroxylation is 1. The fraction of sp³-hybridized carbons (Fsp3) is 0.278. The minimum Gasteiger partial charge on any atom is -0.465 e. The normalized spacial score (nSPS) is 12.0. The zero-order valence-corrected chi connectivity index (χ0v) is 14.5. The van der Waals surface area contributed by atoms with Crippen molar-refractivity contribution in [1.29, 1.82) is 0 Å². The number of nitrogens with zero attached hydrogens (tertiary/aromatic N) is 1. The van der Waals surface area contributed by atoms with Crippen molar-refractivity contribution >= 4 is 22.0 Å². The molecule has 0 saturated carbocycles. The van der Waals surface area contributed by atoms with Gasteiger partial charge >= 0.3 is 6.09 Å². The van der Waals surface area contributed by atoms with Crippen LogP contribution in [0.1, 0.15) is 30.5 Å². The Labute approximate surface area is 143 Å². The summed E-state index contributed by atoms with van der Waals surface area (Å²) in [5.74, 6) is -0.259. The third-order valence-electron chi connectivity index (χ3n) is 3.84. The molecule has 122 valence electrons. The average molecular weight is 380 g/mol. The SMILES string of the molecule is C[C@@H](c1ccc(Br)cc1)N(CCCc1ccc(F)cc1)C(=O)O. The second kappa shape index (κ2) is 8.11. The van der Waals surface area contributed by atoms with Gasteiger partial charge in [0.25, 0.3) is 0 Å². The molecule has 5 heteroatoms. The molecule has 0 bridgehead atoms. The molecule has 0 aromatic heterocycles. The summed E-state index contributed by atoms with van der Waals surface area (Å²) in [4.78, 5) is 13.0. The van der Waals surface area contributed by atoms with Crippen LogP contribution >= 0.6 is 15.9 Å². The topological polar surface area (TPSA) is 40.5 Å². The average Bonchev–Trinajstić information content (AvgIpc) is 2.53. The molecule has 0 aliphatic carbocycles. The molecule has 0 fully saturated rings. The first-order chi connectivity index (χ1) is 11.0. The van der Waals surface area contributed by atoms with Gasteiger partial charge in [-0.1, -0.05) is 40.2 Å². The van der Waals surface area contributed by atoms with E-state index in [0.717, 1.165) is 22.0 Å². The molecule has 0 unspecified atom stereocenters. The number of rotatable bonds is 6. The standard InChI is InChI=1S/C18H19BrFNO2/c1-13(15-6-8-16(19)9-7-15)21(18(22)23)12-2-3-14-4-10-17(20)11-5-14/h4-11,13H,2-3,12H2,1H3,(H,22,23)/t13-/m0/s1. The van der Waals surface area contributed by atoms with Crippen LogP contribution in [0.4, 0.5) is 9.18 Å². The maximum absolute atomic E-state index is 12.9. The van der Waals surface area contributed by atoms with Crippen LogP contribution < -0.4 is 0 Å². The smallest absolute Gasteiger partial charge is 0.407 e. The first-order valence-electron chi connectivity index (χ1n) is 7.47. The molecule has 1 atom stereocenters. The Morgan fingerprint density at radius 3 is 2.35 bits per heavy atom. The third-order valence-corrected chi connectivity index (χ3v) is 4.37. The minimum atomic E-state index is -0.931. The first-order valence-corrected chi connectivity index (χ1v) is 8.26. The fourth-order valence-electron chi connectivity index (χ4n) is 2.48. The van der Waals surface area contributed by atoms with Gasteiger partial charge in [0, 0.05) is 11.0 Å². The van der Waals surface area contributed by atoms with Crippen LogP contribution in [-0.4, -0.2) is 22.6 Å². The van der Waals surface area contributed by atoms with Crippen molar-refractivity contribution in [3.8, 4) is 0 Å². The molecule has 0 saturated heterocycles. The Morgan fingerprint density at radius 1 is 1.17 bits per heavy atom. The summed E-state index contributed by atoms with van der Waals surface area (Å²) in [6, 6.07) is 13.8. The van der Waals surface area contributed by atoms with E-state index in [0.29, 0.717) is 13.0 Å². The minimum absolute atomic E-state index is 0.214. The second-order valence-corrected chi connectivity index (χ2v) is 6.35. The summed E-state index contributed by atoms with van der Waals surface area (Å²) in [6.45, 7) is 2.32.